The van der Waals surface area contributed by atoms with Crippen molar-refractivity contribution >= 4 is 12.4 Å². The van der Waals surface area contributed by atoms with Gasteiger partial charge in [-0.1, -0.05) is 76.6 Å². The summed E-state index contributed by atoms with van der Waals surface area (Å²) < 4.78 is 0. The van der Waals surface area contributed by atoms with Crippen LogP contribution < -0.4 is 5.32 Å². The van der Waals surface area contributed by atoms with Crippen molar-refractivity contribution in [2.75, 3.05) is 6.54 Å². The fraction of sp³-hybridized carbons (Fsp3) is 0.444. The largest absolute Gasteiger partial charge is 0.381 e. The molecule has 154 valence electrons. The summed E-state index contributed by atoms with van der Waals surface area (Å²) in [5, 5.41) is 3.60. The zero-order valence-corrected chi connectivity index (χ0v) is 18.8. The molecule has 1 fully saturated rings. The molecule has 0 aromatic heterocycles. The topological polar surface area (TPSA) is 24.4 Å². The monoisotopic (exact) mass is 388 g/mol. The standard InChI is InChI=1S/C27H36N2/c1-7-12-20(8-2)18-25(28-6)26-19(4)27(26,5)23-14-11-10-13-22(23)24-17-21(9-3)15-16-29-24/h10-15,17-19,26,29H,6-9,16H2,1-5H3/b20-12+,25-18-. The highest BCUT2D eigenvalue weighted by Gasteiger charge is 2.61. The van der Waals surface area contributed by atoms with Crippen LogP contribution in [0.4, 0.5) is 0 Å². The van der Waals surface area contributed by atoms with Crippen LogP contribution in [0.1, 0.15) is 65.0 Å². The third kappa shape index (κ3) is 4.03. The highest BCUT2D eigenvalue weighted by molar-refractivity contribution is 5.72. The minimum atomic E-state index is 0.0741. The highest BCUT2D eigenvalue weighted by atomic mass is 14.9. The molecule has 1 aliphatic heterocycles. The molecule has 3 atom stereocenters. The van der Waals surface area contributed by atoms with Crippen molar-refractivity contribution in [2.24, 2.45) is 16.8 Å². The molecule has 0 radical (unpaired) electrons. The molecular weight excluding hydrogens is 352 g/mol. The summed E-state index contributed by atoms with van der Waals surface area (Å²) in [6, 6.07) is 8.89. The Hall–Kier alpha value is -2.35. The predicted octanol–water partition coefficient (Wildman–Crippen LogP) is 6.82. The zero-order valence-electron chi connectivity index (χ0n) is 18.8. The van der Waals surface area contributed by atoms with Crippen molar-refractivity contribution in [1.82, 2.24) is 5.32 Å². The summed E-state index contributed by atoms with van der Waals surface area (Å²) >= 11 is 0. The second-order valence-electron chi connectivity index (χ2n) is 8.43. The highest BCUT2D eigenvalue weighted by Crippen LogP contribution is 2.64. The number of nitrogens with zero attached hydrogens (tertiary/aromatic N) is 1. The zero-order chi connectivity index (χ0) is 21.0. The van der Waals surface area contributed by atoms with E-state index in [0.29, 0.717) is 11.8 Å². The number of rotatable bonds is 8. The van der Waals surface area contributed by atoms with Gasteiger partial charge >= 0.3 is 0 Å². The fourth-order valence-electron chi connectivity index (χ4n) is 4.89. The molecule has 0 bridgehead atoms. The second kappa shape index (κ2) is 8.98. The summed E-state index contributed by atoms with van der Waals surface area (Å²) in [6.45, 7) is 16.2. The lowest BCUT2D eigenvalue weighted by atomic mass is 9.87. The lowest BCUT2D eigenvalue weighted by molar-refractivity contribution is 0.681. The number of allylic oxidation sites excluding steroid dienone is 6. The minimum Gasteiger partial charge on any atom is -0.381 e. The number of dihydropyridines is 1. The van der Waals surface area contributed by atoms with Crippen molar-refractivity contribution in [2.45, 2.75) is 59.3 Å². The molecule has 1 heterocycles. The van der Waals surface area contributed by atoms with Crippen LogP contribution >= 0.6 is 0 Å². The predicted molar refractivity (Wildman–Crippen MR) is 127 cm³/mol. The minimum absolute atomic E-state index is 0.0741. The third-order valence-electron chi connectivity index (χ3n) is 6.88. The van der Waals surface area contributed by atoms with Crippen LogP contribution in [0.2, 0.25) is 0 Å². The van der Waals surface area contributed by atoms with E-state index in [1.807, 2.05) is 0 Å². The van der Waals surface area contributed by atoms with E-state index >= 15 is 0 Å². The average molecular weight is 389 g/mol. The number of benzene rings is 1. The average Bonchev–Trinajstić information content (AvgIpc) is 3.32. The molecule has 1 aromatic carbocycles. The van der Waals surface area contributed by atoms with Gasteiger partial charge in [-0.2, -0.15) is 0 Å². The molecule has 2 heteroatoms. The first-order chi connectivity index (χ1) is 14.0. The Morgan fingerprint density at radius 3 is 2.69 bits per heavy atom. The second-order valence-corrected chi connectivity index (χ2v) is 8.43. The molecule has 0 saturated heterocycles. The summed E-state index contributed by atoms with van der Waals surface area (Å²) in [6.07, 6.45) is 12.3. The molecule has 0 amide bonds. The molecule has 2 aliphatic rings. The van der Waals surface area contributed by atoms with Crippen molar-refractivity contribution < 1.29 is 0 Å². The number of hydrogen-bond donors (Lipinski definition) is 1. The molecule has 3 rings (SSSR count). The van der Waals surface area contributed by atoms with Crippen molar-refractivity contribution in [3.05, 3.63) is 76.5 Å². The molecule has 1 saturated carbocycles. The van der Waals surface area contributed by atoms with Gasteiger partial charge in [-0.05, 0) is 55.2 Å². The summed E-state index contributed by atoms with van der Waals surface area (Å²) in [7, 11) is 0. The van der Waals surface area contributed by atoms with Gasteiger partial charge in [0.25, 0.3) is 0 Å². The van der Waals surface area contributed by atoms with E-state index < -0.39 is 0 Å². The Balaban J connectivity index is 2.01. The van der Waals surface area contributed by atoms with Gasteiger partial charge in [-0.15, -0.1) is 0 Å². The summed E-state index contributed by atoms with van der Waals surface area (Å²) in [5.74, 6) is 0.934. The van der Waals surface area contributed by atoms with Gasteiger partial charge in [-0.25, -0.2) is 0 Å². The van der Waals surface area contributed by atoms with Gasteiger partial charge < -0.3 is 5.32 Å². The Labute approximate surface area is 177 Å². The quantitative estimate of drug-likeness (QED) is 0.383. The van der Waals surface area contributed by atoms with Crippen LogP contribution in [0.3, 0.4) is 0 Å². The van der Waals surface area contributed by atoms with Gasteiger partial charge in [-0.3, -0.25) is 4.99 Å². The van der Waals surface area contributed by atoms with Crippen LogP contribution in [0.15, 0.2) is 70.4 Å². The van der Waals surface area contributed by atoms with Crippen LogP contribution in [0.25, 0.3) is 5.70 Å². The van der Waals surface area contributed by atoms with Crippen LogP contribution in [-0.2, 0) is 5.41 Å². The van der Waals surface area contributed by atoms with E-state index in [2.05, 4.69) is 100 Å². The van der Waals surface area contributed by atoms with Crippen LogP contribution in [0.5, 0.6) is 0 Å². The smallest absolute Gasteiger partial charge is 0.0441 e. The lowest BCUT2D eigenvalue weighted by Crippen LogP contribution is -2.19. The number of nitrogens with one attached hydrogen (secondary N) is 1. The SMILES string of the molecule is C=N/C(=C\C(=C\CC)CC)C1C(C)C1(C)c1ccccc1C1=CC(CC)=CCN1. The Morgan fingerprint density at radius 1 is 1.28 bits per heavy atom. The van der Waals surface area contributed by atoms with E-state index in [9.17, 15) is 0 Å². The van der Waals surface area contributed by atoms with Crippen LogP contribution in [-0.4, -0.2) is 13.3 Å². The van der Waals surface area contributed by atoms with E-state index in [-0.39, 0.29) is 5.41 Å². The molecule has 1 aromatic rings. The summed E-state index contributed by atoms with van der Waals surface area (Å²) in [4.78, 5) is 4.49. The van der Waals surface area contributed by atoms with Crippen molar-refractivity contribution in [3.63, 3.8) is 0 Å². The normalized spacial score (nSPS) is 27.1. The molecule has 0 spiro atoms. The Bertz CT molecular complexity index is 884. The first-order valence-corrected chi connectivity index (χ1v) is 11.1. The van der Waals surface area contributed by atoms with Gasteiger partial charge in [0.05, 0.1) is 0 Å². The maximum Gasteiger partial charge on any atom is 0.0441 e. The van der Waals surface area contributed by atoms with E-state index in [1.165, 1.54) is 28.0 Å². The van der Waals surface area contributed by atoms with Crippen LogP contribution in [0, 0.1) is 11.8 Å². The molecule has 2 nitrogen and oxygen atoms in total. The molecule has 1 N–H and O–H groups in total. The van der Waals surface area contributed by atoms with Crippen molar-refractivity contribution in [1.29, 1.82) is 0 Å². The molecular formula is C27H36N2. The van der Waals surface area contributed by atoms with Gasteiger partial charge in [0, 0.05) is 34.8 Å². The van der Waals surface area contributed by atoms with Gasteiger partial charge in [0.2, 0.25) is 0 Å². The molecule has 29 heavy (non-hydrogen) atoms. The first-order valence-electron chi connectivity index (χ1n) is 11.1. The molecule has 1 aliphatic carbocycles. The first kappa shape index (κ1) is 21.4. The maximum atomic E-state index is 4.49. The Kier molecular flexibility index (Phi) is 6.62. The number of aliphatic imine (C=N–C) groups is 1. The Morgan fingerprint density at radius 2 is 2.03 bits per heavy atom. The maximum absolute atomic E-state index is 4.49. The third-order valence-corrected chi connectivity index (χ3v) is 6.88. The number of hydrogen-bond acceptors (Lipinski definition) is 2. The van der Waals surface area contributed by atoms with E-state index in [0.717, 1.165) is 31.5 Å². The van der Waals surface area contributed by atoms with Crippen molar-refractivity contribution in [3.8, 4) is 0 Å². The van der Waals surface area contributed by atoms with E-state index in [1.54, 1.807) is 0 Å². The lowest BCUT2D eigenvalue weighted by Gasteiger charge is -2.23. The summed E-state index contributed by atoms with van der Waals surface area (Å²) in [5.41, 5.74) is 7.97. The van der Waals surface area contributed by atoms with Gasteiger partial charge in [0.15, 0.2) is 0 Å². The fourth-order valence-corrected chi connectivity index (χ4v) is 4.89. The van der Waals surface area contributed by atoms with Gasteiger partial charge in [0.1, 0.15) is 0 Å². The van der Waals surface area contributed by atoms with E-state index in [4.69, 9.17) is 0 Å². The molecule has 3 unspecified atom stereocenters.